The molecule has 0 aliphatic rings. The van der Waals surface area contributed by atoms with Gasteiger partial charge in [-0.2, -0.15) is 4.98 Å². The average molecular weight is 252 g/mol. The van der Waals surface area contributed by atoms with Gasteiger partial charge in [-0.3, -0.25) is 0 Å². The van der Waals surface area contributed by atoms with E-state index in [2.05, 4.69) is 22.2 Å². The second-order valence-corrected chi connectivity index (χ2v) is 4.79. The van der Waals surface area contributed by atoms with Gasteiger partial charge < -0.3 is 16.2 Å². The number of nitrogens with two attached hydrogens (primary N) is 1. The number of aliphatic hydroxyl groups is 1. The molecule has 17 heavy (non-hydrogen) atoms. The number of fused-ring (bicyclic) bond motifs is 1. The van der Waals surface area contributed by atoms with Crippen LogP contribution in [0.3, 0.4) is 0 Å². The number of nitrogens with one attached hydrogen (secondary N) is 1. The number of nitrogens with zero attached hydrogens (tertiary/aromatic N) is 2. The summed E-state index contributed by atoms with van der Waals surface area (Å²) in [5.74, 6) is 0.974. The molecule has 0 spiro atoms. The molecule has 2 aromatic rings. The SMILES string of the molecule is CCC[C@H](CO)Nc1nc(N)nc2ccsc12. The van der Waals surface area contributed by atoms with Gasteiger partial charge in [-0.25, -0.2) is 4.98 Å². The van der Waals surface area contributed by atoms with Crippen LogP contribution in [-0.2, 0) is 0 Å². The Morgan fingerprint density at radius 3 is 3.06 bits per heavy atom. The predicted molar refractivity (Wildman–Crippen MR) is 71.2 cm³/mol. The van der Waals surface area contributed by atoms with E-state index in [0.717, 1.165) is 28.9 Å². The first-order chi connectivity index (χ1) is 8.24. The lowest BCUT2D eigenvalue weighted by atomic mass is 10.2. The molecule has 5 nitrogen and oxygen atoms in total. The second-order valence-electron chi connectivity index (χ2n) is 3.88. The first-order valence-corrected chi connectivity index (χ1v) is 6.50. The van der Waals surface area contributed by atoms with E-state index >= 15 is 0 Å². The predicted octanol–water partition coefficient (Wildman–Crippen LogP) is 1.85. The summed E-state index contributed by atoms with van der Waals surface area (Å²) in [5, 5.41) is 14.5. The molecule has 0 fully saturated rings. The smallest absolute Gasteiger partial charge is 0.222 e. The zero-order valence-corrected chi connectivity index (χ0v) is 10.5. The van der Waals surface area contributed by atoms with E-state index < -0.39 is 0 Å². The molecule has 6 heteroatoms. The number of hydrogen-bond donors (Lipinski definition) is 3. The van der Waals surface area contributed by atoms with E-state index in [0.29, 0.717) is 0 Å². The molecule has 1 atom stereocenters. The molecular weight excluding hydrogens is 236 g/mol. The molecule has 0 aromatic carbocycles. The first kappa shape index (κ1) is 12.1. The van der Waals surface area contributed by atoms with Crippen LogP contribution in [0.25, 0.3) is 10.2 Å². The molecule has 4 N–H and O–H groups in total. The standard InChI is InChI=1S/C11H16N4OS/c1-2-3-7(6-16)13-10-9-8(4-5-17-9)14-11(12)15-10/h4-5,7,16H,2-3,6H2,1H3,(H3,12,13,14,15)/t7-/m1/s1. The molecule has 0 unspecified atom stereocenters. The third-order valence-corrected chi connectivity index (χ3v) is 3.43. The highest BCUT2D eigenvalue weighted by Crippen LogP contribution is 2.27. The maximum absolute atomic E-state index is 9.28. The Hall–Kier alpha value is -1.40. The fourth-order valence-electron chi connectivity index (χ4n) is 1.73. The summed E-state index contributed by atoms with van der Waals surface area (Å²) in [6, 6.07) is 1.93. The normalized spacial score (nSPS) is 12.8. The monoisotopic (exact) mass is 252 g/mol. The van der Waals surface area contributed by atoms with Crippen LogP contribution >= 0.6 is 11.3 Å². The van der Waals surface area contributed by atoms with Crippen LogP contribution in [0.15, 0.2) is 11.4 Å². The van der Waals surface area contributed by atoms with Crippen molar-refractivity contribution in [2.75, 3.05) is 17.7 Å². The third-order valence-electron chi connectivity index (χ3n) is 2.52. The van der Waals surface area contributed by atoms with E-state index in [9.17, 15) is 5.11 Å². The van der Waals surface area contributed by atoms with Gasteiger partial charge in [0.15, 0.2) is 0 Å². The number of thiophene rings is 1. The molecular formula is C11H16N4OS. The average Bonchev–Trinajstić information content (AvgIpc) is 2.76. The Kier molecular flexibility index (Phi) is 3.75. The van der Waals surface area contributed by atoms with Crippen LogP contribution in [0.2, 0.25) is 0 Å². The van der Waals surface area contributed by atoms with Crippen LogP contribution < -0.4 is 11.1 Å². The molecule has 0 aliphatic heterocycles. The summed E-state index contributed by atoms with van der Waals surface area (Å²) in [7, 11) is 0. The number of aromatic nitrogens is 2. The summed E-state index contributed by atoms with van der Waals surface area (Å²) in [6.45, 7) is 2.17. The lowest BCUT2D eigenvalue weighted by Gasteiger charge is -2.16. The lowest BCUT2D eigenvalue weighted by molar-refractivity contribution is 0.268. The van der Waals surface area contributed by atoms with Crippen molar-refractivity contribution >= 4 is 33.3 Å². The number of nitrogen functional groups attached to an aromatic ring is 1. The number of aliphatic hydroxyl groups excluding tert-OH is 1. The summed E-state index contributed by atoms with van der Waals surface area (Å²) < 4.78 is 0.980. The summed E-state index contributed by atoms with van der Waals surface area (Å²) >= 11 is 1.57. The van der Waals surface area contributed by atoms with Gasteiger partial charge >= 0.3 is 0 Å². The van der Waals surface area contributed by atoms with Gasteiger partial charge in [-0.15, -0.1) is 11.3 Å². The summed E-state index contributed by atoms with van der Waals surface area (Å²) in [4.78, 5) is 8.35. The molecule has 0 saturated heterocycles. The molecule has 2 rings (SSSR count). The van der Waals surface area contributed by atoms with Crippen LogP contribution in [0.1, 0.15) is 19.8 Å². The van der Waals surface area contributed by atoms with Crippen LogP contribution in [0.5, 0.6) is 0 Å². The Bertz CT molecular complexity index is 499. The van der Waals surface area contributed by atoms with Gasteiger partial charge in [-0.05, 0) is 17.9 Å². The third kappa shape index (κ3) is 2.65. The van der Waals surface area contributed by atoms with Gasteiger partial charge in [-0.1, -0.05) is 13.3 Å². The van der Waals surface area contributed by atoms with Crippen molar-refractivity contribution in [3.05, 3.63) is 11.4 Å². The summed E-state index contributed by atoms with van der Waals surface area (Å²) in [6.07, 6.45) is 1.90. The van der Waals surface area contributed by atoms with E-state index in [1.807, 2.05) is 11.4 Å². The van der Waals surface area contributed by atoms with Gasteiger partial charge in [0.05, 0.1) is 22.9 Å². The van der Waals surface area contributed by atoms with E-state index in [1.165, 1.54) is 0 Å². The van der Waals surface area contributed by atoms with Gasteiger partial charge in [0, 0.05) is 0 Å². The van der Waals surface area contributed by atoms with E-state index in [4.69, 9.17) is 5.73 Å². The van der Waals surface area contributed by atoms with Crippen molar-refractivity contribution in [1.82, 2.24) is 9.97 Å². The second kappa shape index (κ2) is 5.29. The van der Waals surface area contributed by atoms with Crippen molar-refractivity contribution in [3.63, 3.8) is 0 Å². The van der Waals surface area contributed by atoms with Gasteiger partial charge in [0.1, 0.15) is 5.82 Å². The minimum Gasteiger partial charge on any atom is -0.394 e. The largest absolute Gasteiger partial charge is 0.394 e. The number of hydrogen-bond acceptors (Lipinski definition) is 6. The molecule has 0 aliphatic carbocycles. The number of anilines is 2. The number of rotatable bonds is 5. The van der Waals surface area contributed by atoms with Crippen molar-refractivity contribution in [2.24, 2.45) is 0 Å². The highest BCUT2D eigenvalue weighted by atomic mass is 32.1. The fraction of sp³-hybridized carbons (Fsp3) is 0.455. The van der Waals surface area contributed by atoms with E-state index in [1.54, 1.807) is 11.3 Å². The van der Waals surface area contributed by atoms with Crippen molar-refractivity contribution in [1.29, 1.82) is 0 Å². The molecule has 0 radical (unpaired) electrons. The molecule has 0 saturated carbocycles. The van der Waals surface area contributed by atoms with Crippen molar-refractivity contribution < 1.29 is 5.11 Å². The Morgan fingerprint density at radius 2 is 2.35 bits per heavy atom. The molecule has 2 heterocycles. The zero-order chi connectivity index (χ0) is 12.3. The minimum absolute atomic E-state index is 0.0135. The Labute approximate surface area is 104 Å². The molecule has 0 amide bonds. The zero-order valence-electron chi connectivity index (χ0n) is 9.68. The minimum atomic E-state index is 0.0135. The van der Waals surface area contributed by atoms with Gasteiger partial charge in [0.2, 0.25) is 5.95 Å². The van der Waals surface area contributed by atoms with E-state index in [-0.39, 0.29) is 18.6 Å². The first-order valence-electron chi connectivity index (χ1n) is 5.62. The molecule has 2 aromatic heterocycles. The topological polar surface area (TPSA) is 84.1 Å². The molecule has 92 valence electrons. The fourth-order valence-corrected chi connectivity index (χ4v) is 2.51. The van der Waals surface area contributed by atoms with Crippen LogP contribution in [0, 0.1) is 0 Å². The van der Waals surface area contributed by atoms with Crippen molar-refractivity contribution in [2.45, 2.75) is 25.8 Å². The highest BCUT2D eigenvalue weighted by molar-refractivity contribution is 7.17. The maximum atomic E-state index is 9.28. The summed E-state index contributed by atoms with van der Waals surface area (Å²) in [5.41, 5.74) is 6.50. The Balaban J connectivity index is 2.30. The maximum Gasteiger partial charge on any atom is 0.222 e. The van der Waals surface area contributed by atoms with Crippen LogP contribution in [0.4, 0.5) is 11.8 Å². The van der Waals surface area contributed by atoms with Crippen molar-refractivity contribution in [3.8, 4) is 0 Å². The van der Waals surface area contributed by atoms with Crippen LogP contribution in [-0.4, -0.2) is 27.7 Å². The molecule has 0 bridgehead atoms. The quantitative estimate of drug-likeness (QED) is 0.756. The highest BCUT2D eigenvalue weighted by Gasteiger charge is 2.12. The lowest BCUT2D eigenvalue weighted by Crippen LogP contribution is -2.24. The van der Waals surface area contributed by atoms with Gasteiger partial charge in [0.25, 0.3) is 0 Å². The Morgan fingerprint density at radius 1 is 1.53 bits per heavy atom.